The molecule has 0 saturated heterocycles. The summed E-state index contributed by atoms with van der Waals surface area (Å²) in [6, 6.07) is 14.5. The lowest BCUT2D eigenvalue weighted by Crippen LogP contribution is -2.31. The van der Waals surface area contributed by atoms with Gasteiger partial charge in [0, 0.05) is 5.57 Å². The maximum absolute atomic E-state index is 12.1. The maximum Gasteiger partial charge on any atom is 0.335 e. The van der Waals surface area contributed by atoms with Crippen molar-refractivity contribution in [1.82, 2.24) is 0 Å². The molecule has 0 bridgehead atoms. The van der Waals surface area contributed by atoms with Gasteiger partial charge in [-0.1, -0.05) is 62.9 Å². The van der Waals surface area contributed by atoms with Gasteiger partial charge in [0.25, 0.3) is 0 Å². The standard InChI is InChI=1S/C41H54O5/c1-5-6-29-7-19-38-35(23-29)16-17-36-24-34(18-20-39(36)38)32-12-8-30(9-13-32)31-10-14-33(15-11-31)37(26-46-40(43)27(2)3)21-22-45-41(44)28(4)25-42/h7,18-20,23-24,30-33,37,42H,2,4-6,8-17,21-22,25-26H2,1,3H3. The van der Waals surface area contributed by atoms with E-state index in [1.807, 2.05) is 0 Å². The third kappa shape index (κ3) is 8.39. The van der Waals surface area contributed by atoms with Crippen LogP contribution in [-0.2, 0) is 38.3 Å². The molecule has 248 valence electrons. The molecule has 5 rings (SSSR count). The Morgan fingerprint density at radius 3 is 2.11 bits per heavy atom. The number of esters is 2. The Bertz CT molecular complexity index is 1390. The van der Waals surface area contributed by atoms with Crippen LogP contribution in [-0.4, -0.2) is 36.9 Å². The number of aliphatic hydroxyl groups excluding tert-OH is 1. The minimum atomic E-state index is -0.568. The number of rotatable bonds is 13. The highest BCUT2D eigenvalue weighted by molar-refractivity contribution is 5.88. The molecule has 2 saturated carbocycles. The summed E-state index contributed by atoms with van der Waals surface area (Å²) in [5, 5.41) is 9.15. The number of benzene rings is 2. The average Bonchev–Trinajstić information content (AvgIpc) is 3.09. The molecule has 5 nitrogen and oxygen atoms in total. The molecule has 0 amide bonds. The molecule has 3 aliphatic carbocycles. The molecule has 1 N–H and O–H groups in total. The van der Waals surface area contributed by atoms with Crippen LogP contribution in [0.25, 0.3) is 11.1 Å². The number of ether oxygens (including phenoxy) is 2. The predicted octanol–water partition coefficient (Wildman–Crippen LogP) is 8.70. The van der Waals surface area contributed by atoms with Gasteiger partial charge in [0.2, 0.25) is 0 Å². The Morgan fingerprint density at radius 2 is 1.48 bits per heavy atom. The van der Waals surface area contributed by atoms with Crippen LogP contribution in [0.15, 0.2) is 60.7 Å². The molecule has 0 heterocycles. The van der Waals surface area contributed by atoms with Crippen molar-refractivity contribution < 1.29 is 24.2 Å². The van der Waals surface area contributed by atoms with Gasteiger partial charge in [-0.2, -0.15) is 0 Å². The summed E-state index contributed by atoms with van der Waals surface area (Å²) in [4.78, 5) is 24.1. The van der Waals surface area contributed by atoms with Gasteiger partial charge in [-0.25, -0.2) is 9.59 Å². The highest BCUT2D eigenvalue weighted by atomic mass is 16.5. The van der Waals surface area contributed by atoms with Crippen molar-refractivity contribution >= 4 is 11.9 Å². The van der Waals surface area contributed by atoms with Gasteiger partial charge in [-0.05, 0) is 147 Å². The molecule has 0 aliphatic heterocycles. The summed E-state index contributed by atoms with van der Waals surface area (Å²) in [5.41, 5.74) is 9.40. The first-order valence-electron chi connectivity index (χ1n) is 17.8. The Balaban J connectivity index is 1.12. The van der Waals surface area contributed by atoms with E-state index >= 15 is 0 Å². The Labute approximate surface area is 276 Å². The van der Waals surface area contributed by atoms with Crippen molar-refractivity contribution in [2.24, 2.45) is 23.7 Å². The van der Waals surface area contributed by atoms with E-state index < -0.39 is 12.6 Å². The van der Waals surface area contributed by atoms with Gasteiger partial charge >= 0.3 is 11.9 Å². The lowest BCUT2D eigenvalue weighted by molar-refractivity contribution is -0.144. The van der Waals surface area contributed by atoms with E-state index in [-0.39, 0.29) is 24.1 Å². The fourth-order valence-electron chi connectivity index (χ4n) is 8.41. The van der Waals surface area contributed by atoms with Crippen LogP contribution in [0.1, 0.15) is 106 Å². The molecule has 5 heteroatoms. The number of hydrogen-bond acceptors (Lipinski definition) is 5. The summed E-state index contributed by atoms with van der Waals surface area (Å²) in [6.45, 7) is 11.3. The molecule has 2 aromatic rings. The van der Waals surface area contributed by atoms with Gasteiger partial charge in [0.05, 0.1) is 25.4 Å². The Morgan fingerprint density at radius 1 is 0.848 bits per heavy atom. The molecule has 1 atom stereocenters. The van der Waals surface area contributed by atoms with Gasteiger partial charge in [-0.15, -0.1) is 0 Å². The zero-order valence-electron chi connectivity index (χ0n) is 28.2. The highest BCUT2D eigenvalue weighted by Gasteiger charge is 2.34. The van der Waals surface area contributed by atoms with Crippen LogP contribution >= 0.6 is 0 Å². The molecule has 1 unspecified atom stereocenters. The molecule has 2 fully saturated rings. The quantitative estimate of drug-likeness (QED) is 0.178. The second-order valence-electron chi connectivity index (χ2n) is 14.3. The van der Waals surface area contributed by atoms with Gasteiger partial charge in [0.1, 0.15) is 0 Å². The second kappa shape index (κ2) is 16.1. The summed E-state index contributed by atoms with van der Waals surface area (Å²) in [6.07, 6.45) is 15.1. The molecule has 0 radical (unpaired) electrons. The van der Waals surface area contributed by atoms with Gasteiger partial charge in [0.15, 0.2) is 0 Å². The third-order valence-corrected chi connectivity index (χ3v) is 11.2. The summed E-state index contributed by atoms with van der Waals surface area (Å²) < 4.78 is 10.9. The molecule has 46 heavy (non-hydrogen) atoms. The van der Waals surface area contributed by atoms with E-state index in [2.05, 4.69) is 56.5 Å². The van der Waals surface area contributed by atoms with E-state index in [1.165, 1.54) is 79.2 Å². The van der Waals surface area contributed by atoms with Crippen molar-refractivity contribution in [3.63, 3.8) is 0 Å². The molecule has 0 aromatic heterocycles. The van der Waals surface area contributed by atoms with Crippen LogP contribution in [0.4, 0.5) is 0 Å². The van der Waals surface area contributed by atoms with Gasteiger partial charge < -0.3 is 14.6 Å². The number of carbonyl (C=O) groups excluding carboxylic acids is 2. The van der Waals surface area contributed by atoms with Crippen LogP contribution in [0.3, 0.4) is 0 Å². The van der Waals surface area contributed by atoms with Crippen LogP contribution in [0, 0.1) is 23.7 Å². The highest BCUT2D eigenvalue weighted by Crippen LogP contribution is 2.46. The van der Waals surface area contributed by atoms with Crippen molar-refractivity contribution in [1.29, 1.82) is 0 Å². The third-order valence-electron chi connectivity index (χ3n) is 11.2. The van der Waals surface area contributed by atoms with Crippen LogP contribution < -0.4 is 0 Å². The van der Waals surface area contributed by atoms with Crippen molar-refractivity contribution in [3.8, 4) is 11.1 Å². The topological polar surface area (TPSA) is 72.8 Å². The van der Waals surface area contributed by atoms with Crippen molar-refractivity contribution in [3.05, 3.63) is 83.0 Å². The lowest BCUT2D eigenvalue weighted by Gasteiger charge is -2.40. The Hall–Kier alpha value is -3.18. The first-order valence-corrected chi connectivity index (χ1v) is 17.8. The van der Waals surface area contributed by atoms with E-state index in [0.717, 1.165) is 37.5 Å². The molecule has 2 aromatic carbocycles. The van der Waals surface area contributed by atoms with Crippen LogP contribution in [0.5, 0.6) is 0 Å². The first-order chi connectivity index (χ1) is 22.3. The molecular weight excluding hydrogens is 572 g/mol. The number of aryl methyl sites for hydroxylation is 3. The second-order valence-corrected chi connectivity index (χ2v) is 14.3. The molecule has 0 spiro atoms. The van der Waals surface area contributed by atoms with E-state index in [1.54, 1.807) is 12.5 Å². The number of carbonyl (C=O) groups is 2. The van der Waals surface area contributed by atoms with Gasteiger partial charge in [-0.3, -0.25) is 0 Å². The fourth-order valence-corrected chi connectivity index (χ4v) is 8.41. The monoisotopic (exact) mass is 626 g/mol. The average molecular weight is 627 g/mol. The fraction of sp³-hybridized carbons (Fsp3) is 0.561. The minimum absolute atomic E-state index is 0.0544. The Kier molecular flexibility index (Phi) is 11.9. The van der Waals surface area contributed by atoms with Crippen molar-refractivity contribution in [2.75, 3.05) is 19.8 Å². The first kappa shape index (κ1) is 34.2. The number of hydrogen-bond donors (Lipinski definition) is 1. The van der Waals surface area contributed by atoms with E-state index in [4.69, 9.17) is 14.6 Å². The zero-order chi connectivity index (χ0) is 32.6. The minimum Gasteiger partial charge on any atom is -0.462 e. The lowest BCUT2D eigenvalue weighted by atomic mass is 9.66. The SMILES string of the molecule is C=C(C)C(=O)OCC(CCOC(=O)C(=C)CO)C1CCC(C2CCC(c3ccc4c(c3)CCc3cc(CCC)ccc3-4)CC2)CC1. The van der Waals surface area contributed by atoms with Crippen LogP contribution in [0.2, 0.25) is 0 Å². The summed E-state index contributed by atoms with van der Waals surface area (Å²) >= 11 is 0. The number of aliphatic hydroxyl groups is 1. The smallest absolute Gasteiger partial charge is 0.335 e. The summed E-state index contributed by atoms with van der Waals surface area (Å²) in [7, 11) is 0. The largest absolute Gasteiger partial charge is 0.462 e. The maximum atomic E-state index is 12.1. The molecule has 3 aliphatic rings. The summed E-state index contributed by atoms with van der Waals surface area (Å²) in [5.74, 6) is 1.85. The van der Waals surface area contributed by atoms with E-state index in [9.17, 15) is 9.59 Å². The number of fused-ring (bicyclic) bond motifs is 3. The van der Waals surface area contributed by atoms with Crippen molar-refractivity contribution in [2.45, 2.75) is 103 Å². The zero-order valence-corrected chi connectivity index (χ0v) is 28.2. The van der Waals surface area contributed by atoms with E-state index in [0.29, 0.717) is 30.4 Å². The normalized spacial score (nSPS) is 23.0. The predicted molar refractivity (Wildman–Crippen MR) is 184 cm³/mol. The molecular formula is C41H54O5.